The van der Waals surface area contributed by atoms with Crippen LogP contribution in [0.2, 0.25) is 5.02 Å². The molecule has 0 atom stereocenters. The van der Waals surface area contributed by atoms with Gasteiger partial charge in [-0.05, 0) is 49.7 Å². The Kier molecular flexibility index (Phi) is 5.92. The highest BCUT2D eigenvalue weighted by Crippen LogP contribution is 2.39. The lowest BCUT2D eigenvalue weighted by atomic mass is 9.92. The van der Waals surface area contributed by atoms with Gasteiger partial charge < -0.3 is 9.84 Å². The molecule has 1 heterocycles. The van der Waals surface area contributed by atoms with Gasteiger partial charge in [-0.25, -0.2) is 13.1 Å². The molecule has 7 nitrogen and oxygen atoms in total. The van der Waals surface area contributed by atoms with Gasteiger partial charge in [-0.15, -0.1) is 0 Å². The number of hydrogen-bond acceptors (Lipinski definition) is 6. The van der Waals surface area contributed by atoms with Crippen molar-refractivity contribution in [3.05, 3.63) is 58.2 Å². The van der Waals surface area contributed by atoms with Crippen LogP contribution >= 0.6 is 11.6 Å². The molecule has 3 rings (SSSR count). The zero-order valence-corrected chi connectivity index (χ0v) is 18.5. The lowest BCUT2D eigenvalue weighted by molar-refractivity contribution is 0.103. The number of benzene rings is 2. The third-order valence-electron chi connectivity index (χ3n) is 4.87. The van der Waals surface area contributed by atoms with Gasteiger partial charge in [0.05, 0.1) is 23.2 Å². The molecule has 158 valence electrons. The first-order valence-corrected chi connectivity index (χ1v) is 11.3. The van der Waals surface area contributed by atoms with Crippen LogP contribution in [0.4, 0.5) is 0 Å². The van der Waals surface area contributed by atoms with E-state index in [0.29, 0.717) is 29.0 Å². The van der Waals surface area contributed by atoms with Gasteiger partial charge in [-0.3, -0.25) is 4.79 Å². The highest BCUT2D eigenvalue weighted by molar-refractivity contribution is 7.90. The fraction of sp³-hybridized carbons (Fsp3) is 0.238. The van der Waals surface area contributed by atoms with Crippen molar-refractivity contribution in [1.29, 1.82) is 0 Å². The molecule has 0 aliphatic heterocycles. The number of halogens is 1. The van der Waals surface area contributed by atoms with E-state index in [-0.39, 0.29) is 26.9 Å². The van der Waals surface area contributed by atoms with Gasteiger partial charge in [0.1, 0.15) is 11.3 Å². The summed E-state index contributed by atoms with van der Waals surface area (Å²) in [7, 11) is -2.12. The number of aromatic nitrogens is 2. The minimum absolute atomic E-state index is 0.0406. The largest absolute Gasteiger partial charge is 0.497 e. The summed E-state index contributed by atoms with van der Waals surface area (Å²) in [4.78, 5) is 13.2. The van der Waals surface area contributed by atoms with Crippen LogP contribution in [0.1, 0.15) is 28.4 Å². The first-order chi connectivity index (χ1) is 14.1. The van der Waals surface area contributed by atoms with Gasteiger partial charge in [-0.1, -0.05) is 11.6 Å². The first kappa shape index (κ1) is 21.9. The topological polar surface area (TPSA) is 98.5 Å². The van der Waals surface area contributed by atoms with Crippen LogP contribution in [0.15, 0.2) is 41.4 Å². The number of methoxy groups -OCH3 is 1. The first-order valence-electron chi connectivity index (χ1n) is 9.07. The number of carbonyl (C=O) groups is 1. The minimum Gasteiger partial charge on any atom is -0.497 e. The molecule has 0 saturated carbocycles. The molecule has 0 bridgehead atoms. The predicted octanol–water partition coefficient (Wildman–Crippen LogP) is 3.88. The standard InChI is InChI=1S/C21H21ClN2O5S/c1-5-24-21(26)16(11-23-24)20(25)14-8-9-18(30(4,27)28)19(12(14)2)15-7-6-13(29-3)10-17(15)22/h6-11,26H,5H2,1-4H3. The van der Waals surface area contributed by atoms with Crippen LogP contribution < -0.4 is 4.74 Å². The Labute approximate surface area is 179 Å². The second-order valence-electron chi connectivity index (χ2n) is 6.76. The van der Waals surface area contributed by atoms with Crippen LogP contribution in [0.3, 0.4) is 0 Å². The minimum atomic E-state index is -3.62. The smallest absolute Gasteiger partial charge is 0.220 e. The number of carbonyl (C=O) groups excluding carboxylic acids is 1. The average Bonchev–Trinajstić information content (AvgIpc) is 3.07. The Balaban J connectivity index is 2.28. The zero-order valence-electron chi connectivity index (χ0n) is 16.9. The zero-order chi connectivity index (χ0) is 22.2. The number of ketones is 1. The molecule has 0 saturated heterocycles. The van der Waals surface area contributed by atoms with E-state index in [0.717, 1.165) is 6.26 Å². The Morgan fingerprint density at radius 1 is 1.23 bits per heavy atom. The quantitative estimate of drug-likeness (QED) is 0.574. The van der Waals surface area contributed by atoms with Crippen LogP contribution in [0, 0.1) is 6.92 Å². The van der Waals surface area contributed by atoms with E-state index in [9.17, 15) is 18.3 Å². The summed E-state index contributed by atoms with van der Waals surface area (Å²) in [6, 6.07) is 7.72. The molecule has 1 N–H and O–H groups in total. The molecule has 9 heteroatoms. The Bertz CT molecular complexity index is 1250. The SMILES string of the molecule is CCn1ncc(C(=O)c2ccc(S(C)(=O)=O)c(-c3ccc(OC)cc3Cl)c2C)c1O. The Hall–Kier alpha value is -2.84. The van der Waals surface area contributed by atoms with Crippen LogP contribution in [-0.4, -0.2) is 42.5 Å². The molecule has 0 aliphatic rings. The van der Waals surface area contributed by atoms with Crippen molar-refractivity contribution in [2.75, 3.05) is 13.4 Å². The fourth-order valence-corrected chi connectivity index (χ4v) is 4.53. The summed E-state index contributed by atoms with van der Waals surface area (Å²) < 4.78 is 31.4. The normalized spacial score (nSPS) is 11.5. The second-order valence-corrected chi connectivity index (χ2v) is 9.15. The highest BCUT2D eigenvalue weighted by Gasteiger charge is 2.26. The Morgan fingerprint density at radius 2 is 1.93 bits per heavy atom. The number of aromatic hydroxyl groups is 1. The molecule has 0 fully saturated rings. The van der Waals surface area contributed by atoms with Gasteiger partial charge in [-0.2, -0.15) is 5.10 Å². The van der Waals surface area contributed by atoms with Crippen molar-refractivity contribution in [2.45, 2.75) is 25.3 Å². The van der Waals surface area contributed by atoms with Gasteiger partial charge >= 0.3 is 0 Å². The predicted molar refractivity (Wildman–Crippen MR) is 114 cm³/mol. The van der Waals surface area contributed by atoms with Crippen molar-refractivity contribution in [2.24, 2.45) is 0 Å². The molecule has 0 spiro atoms. The summed E-state index contributed by atoms with van der Waals surface area (Å²) in [6.45, 7) is 3.84. The molecule has 2 aromatic carbocycles. The number of hydrogen-bond donors (Lipinski definition) is 1. The summed E-state index contributed by atoms with van der Waals surface area (Å²) >= 11 is 6.42. The van der Waals surface area contributed by atoms with Crippen molar-refractivity contribution in [1.82, 2.24) is 9.78 Å². The van der Waals surface area contributed by atoms with Crippen LogP contribution in [-0.2, 0) is 16.4 Å². The number of sulfone groups is 1. The number of nitrogens with zero attached hydrogens (tertiary/aromatic N) is 2. The maximum Gasteiger partial charge on any atom is 0.220 e. The van der Waals surface area contributed by atoms with Crippen molar-refractivity contribution >= 4 is 27.2 Å². The number of ether oxygens (including phenoxy) is 1. The number of rotatable bonds is 6. The van der Waals surface area contributed by atoms with E-state index in [1.165, 1.54) is 30.1 Å². The lowest BCUT2D eigenvalue weighted by Gasteiger charge is -2.17. The summed E-state index contributed by atoms with van der Waals surface area (Å²) in [5.41, 5.74) is 1.50. The van der Waals surface area contributed by atoms with Crippen molar-refractivity contribution < 1.29 is 23.1 Å². The van der Waals surface area contributed by atoms with Crippen LogP contribution in [0.5, 0.6) is 11.6 Å². The summed E-state index contributed by atoms with van der Waals surface area (Å²) in [5.74, 6) is -0.180. The number of aryl methyl sites for hydroxylation is 1. The van der Waals surface area contributed by atoms with E-state index in [1.54, 1.807) is 32.0 Å². The van der Waals surface area contributed by atoms with Gasteiger partial charge in [0.2, 0.25) is 5.88 Å². The maximum atomic E-state index is 13.1. The average molecular weight is 449 g/mol. The van der Waals surface area contributed by atoms with E-state index in [1.807, 2.05) is 0 Å². The fourth-order valence-electron chi connectivity index (χ4n) is 3.32. The lowest BCUT2D eigenvalue weighted by Crippen LogP contribution is -2.09. The van der Waals surface area contributed by atoms with Gasteiger partial charge in [0.25, 0.3) is 0 Å². The summed E-state index contributed by atoms with van der Waals surface area (Å²) in [6.07, 6.45) is 2.40. The molecule has 1 aromatic heterocycles. The van der Waals surface area contributed by atoms with Crippen molar-refractivity contribution in [3.8, 4) is 22.8 Å². The molecular weight excluding hydrogens is 428 g/mol. The molecule has 3 aromatic rings. The Morgan fingerprint density at radius 3 is 2.47 bits per heavy atom. The van der Waals surface area contributed by atoms with Crippen LogP contribution in [0.25, 0.3) is 11.1 Å². The van der Waals surface area contributed by atoms with Gasteiger partial charge in [0.15, 0.2) is 15.6 Å². The highest BCUT2D eigenvalue weighted by atomic mass is 35.5. The third-order valence-corrected chi connectivity index (χ3v) is 6.32. The summed E-state index contributed by atoms with van der Waals surface area (Å²) in [5, 5.41) is 14.6. The van der Waals surface area contributed by atoms with E-state index >= 15 is 0 Å². The molecule has 0 unspecified atom stereocenters. The molecule has 30 heavy (non-hydrogen) atoms. The maximum absolute atomic E-state index is 13.1. The van der Waals surface area contributed by atoms with Crippen molar-refractivity contribution in [3.63, 3.8) is 0 Å². The molecular formula is C21H21ClN2O5S. The second kappa shape index (κ2) is 8.12. The van der Waals surface area contributed by atoms with Gasteiger partial charge in [0, 0.05) is 29.5 Å². The molecule has 0 aliphatic carbocycles. The molecule has 0 amide bonds. The monoisotopic (exact) mass is 448 g/mol. The van der Waals surface area contributed by atoms with E-state index < -0.39 is 15.6 Å². The molecule has 0 radical (unpaired) electrons. The third kappa shape index (κ3) is 3.80. The van der Waals surface area contributed by atoms with E-state index in [2.05, 4.69) is 5.10 Å². The van der Waals surface area contributed by atoms with E-state index in [4.69, 9.17) is 16.3 Å².